The van der Waals surface area contributed by atoms with E-state index in [0.29, 0.717) is 5.92 Å². The topological polar surface area (TPSA) is 40.5 Å². The lowest BCUT2D eigenvalue weighted by Gasteiger charge is -2.21. The number of aliphatic imine (C=N–C) groups is 1. The molecule has 1 fully saturated rings. The summed E-state index contributed by atoms with van der Waals surface area (Å²) in [6.45, 7) is 9.60. The minimum atomic E-state index is 0. The maximum atomic E-state index is 4.78. The Hall–Kier alpha value is -1.15. The van der Waals surface area contributed by atoms with Crippen LogP contribution in [0.2, 0.25) is 0 Å². The molecule has 1 aliphatic rings. The van der Waals surface area contributed by atoms with Crippen LogP contribution in [0.3, 0.4) is 0 Å². The monoisotopic (exact) mass is 498 g/mol. The van der Waals surface area contributed by atoms with Crippen molar-refractivity contribution >= 4 is 41.3 Å². The second-order valence-corrected chi connectivity index (χ2v) is 8.89. The average Bonchev–Trinajstić information content (AvgIpc) is 3.29. The van der Waals surface area contributed by atoms with Crippen LogP contribution < -0.4 is 5.32 Å². The quantitative estimate of drug-likeness (QED) is 0.379. The molecule has 1 aliphatic heterocycles. The Morgan fingerprint density at radius 1 is 1.30 bits per heavy atom. The van der Waals surface area contributed by atoms with Crippen molar-refractivity contribution < 1.29 is 0 Å². The van der Waals surface area contributed by atoms with Gasteiger partial charge in [0, 0.05) is 49.8 Å². The van der Waals surface area contributed by atoms with E-state index in [1.165, 1.54) is 22.7 Å². The van der Waals surface area contributed by atoms with Gasteiger partial charge in [-0.05, 0) is 12.0 Å². The molecule has 148 valence electrons. The third-order valence-corrected chi connectivity index (χ3v) is 5.82. The van der Waals surface area contributed by atoms with Gasteiger partial charge in [-0.2, -0.15) is 0 Å². The average molecular weight is 498 g/mol. The first-order valence-electron chi connectivity index (χ1n) is 9.43. The zero-order valence-corrected chi connectivity index (χ0v) is 19.9. The van der Waals surface area contributed by atoms with Crippen LogP contribution in [0.1, 0.15) is 49.4 Å². The van der Waals surface area contributed by atoms with E-state index in [1.54, 1.807) is 11.3 Å². The van der Waals surface area contributed by atoms with E-state index in [2.05, 4.69) is 71.7 Å². The molecule has 4 nitrogen and oxygen atoms in total. The summed E-state index contributed by atoms with van der Waals surface area (Å²) < 4.78 is 0. The van der Waals surface area contributed by atoms with E-state index in [1.807, 2.05) is 7.05 Å². The highest BCUT2D eigenvalue weighted by molar-refractivity contribution is 14.0. The summed E-state index contributed by atoms with van der Waals surface area (Å²) in [5.74, 6) is 1.61. The van der Waals surface area contributed by atoms with Crippen LogP contribution in [0.5, 0.6) is 0 Å². The van der Waals surface area contributed by atoms with Crippen LogP contribution in [-0.2, 0) is 11.8 Å². The van der Waals surface area contributed by atoms with Gasteiger partial charge in [-0.15, -0.1) is 35.3 Å². The van der Waals surface area contributed by atoms with E-state index in [0.717, 1.165) is 32.0 Å². The van der Waals surface area contributed by atoms with Gasteiger partial charge in [-0.1, -0.05) is 51.1 Å². The maximum Gasteiger partial charge on any atom is 0.193 e. The molecule has 27 heavy (non-hydrogen) atoms. The Labute approximate surface area is 184 Å². The first-order chi connectivity index (χ1) is 12.5. The van der Waals surface area contributed by atoms with Gasteiger partial charge in [-0.25, -0.2) is 4.98 Å². The lowest BCUT2D eigenvalue weighted by Crippen LogP contribution is -2.40. The number of likely N-dealkylation sites (tertiary alicyclic amines) is 1. The predicted octanol–water partition coefficient (Wildman–Crippen LogP) is 4.67. The van der Waals surface area contributed by atoms with Crippen molar-refractivity contribution in [3.05, 3.63) is 52.0 Å². The molecule has 2 aromatic rings. The summed E-state index contributed by atoms with van der Waals surface area (Å²) in [6, 6.07) is 10.8. The molecule has 1 unspecified atom stereocenters. The summed E-state index contributed by atoms with van der Waals surface area (Å²) in [7, 11) is 1.87. The molecule has 1 atom stereocenters. The smallest absolute Gasteiger partial charge is 0.193 e. The van der Waals surface area contributed by atoms with Crippen molar-refractivity contribution in [2.75, 3.05) is 26.7 Å². The molecule has 6 heteroatoms. The molecule has 0 radical (unpaired) electrons. The summed E-state index contributed by atoms with van der Waals surface area (Å²) >= 11 is 1.76. The minimum Gasteiger partial charge on any atom is -0.356 e. The molecule has 1 N–H and O–H groups in total. The van der Waals surface area contributed by atoms with Gasteiger partial charge in [0.2, 0.25) is 0 Å². The number of nitrogens with one attached hydrogen (secondary N) is 1. The second-order valence-electron chi connectivity index (χ2n) is 7.94. The first kappa shape index (κ1) is 22.1. The summed E-state index contributed by atoms with van der Waals surface area (Å²) in [5.41, 5.74) is 2.75. The number of hydrogen-bond acceptors (Lipinski definition) is 3. The molecule has 1 aromatic heterocycles. The standard InChI is InChI=1S/C21H30N4S.HI/c1-21(2,3)18-15-26-19(24-18)10-12-23-20(22-4)25-13-11-17(14-25)16-8-6-5-7-9-16;/h5-9,15,17H,10-14H2,1-4H3,(H,22,23);1H. The second kappa shape index (κ2) is 9.87. The summed E-state index contributed by atoms with van der Waals surface area (Å²) in [5, 5.41) is 6.91. The number of rotatable bonds is 4. The van der Waals surface area contributed by atoms with Crippen LogP contribution >= 0.6 is 35.3 Å². The molecule has 0 bridgehead atoms. The lowest BCUT2D eigenvalue weighted by atomic mass is 9.93. The molecular weight excluding hydrogens is 467 g/mol. The van der Waals surface area contributed by atoms with Crippen molar-refractivity contribution in [2.24, 2.45) is 4.99 Å². The van der Waals surface area contributed by atoms with Crippen LogP contribution in [-0.4, -0.2) is 42.5 Å². The Morgan fingerprint density at radius 3 is 2.67 bits per heavy atom. The maximum absolute atomic E-state index is 4.78. The van der Waals surface area contributed by atoms with Crippen molar-refractivity contribution in [1.29, 1.82) is 0 Å². The fourth-order valence-corrected chi connectivity index (χ4v) is 4.36. The predicted molar refractivity (Wildman–Crippen MR) is 127 cm³/mol. The molecule has 1 aromatic carbocycles. The van der Waals surface area contributed by atoms with Gasteiger partial charge < -0.3 is 10.2 Å². The SMILES string of the molecule is CN=C(NCCc1nc(C(C)(C)C)cs1)N1CCC(c2ccccc2)C1.I. The largest absolute Gasteiger partial charge is 0.356 e. The van der Waals surface area contributed by atoms with E-state index in [9.17, 15) is 0 Å². The number of halogens is 1. The van der Waals surface area contributed by atoms with Crippen molar-refractivity contribution in [3.8, 4) is 0 Å². The number of nitrogens with zero attached hydrogens (tertiary/aromatic N) is 3. The van der Waals surface area contributed by atoms with Gasteiger partial charge in [0.05, 0.1) is 10.7 Å². The summed E-state index contributed by atoms with van der Waals surface area (Å²) in [4.78, 5) is 11.6. The van der Waals surface area contributed by atoms with Crippen LogP contribution in [0.25, 0.3) is 0 Å². The normalized spacial score (nSPS) is 17.7. The molecular formula is C21H31IN4S. The zero-order valence-electron chi connectivity index (χ0n) is 16.7. The molecule has 1 saturated heterocycles. The van der Waals surface area contributed by atoms with Crippen molar-refractivity contribution in [2.45, 2.75) is 44.9 Å². The van der Waals surface area contributed by atoms with Crippen LogP contribution in [0, 0.1) is 0 Å². The van der Waals surface area contributed by atoms with Gasteiger partial charge in [-0.3, -0.25) is 4.99 Å². The Bertz CT molecular complexity index is 736. The zero-order chi connectivity index (χ0) is 18.6. The highest BCUT2D eigenvalue weighted by Gasteiger charge is 2.25. The van der Waals surface area contributed by atoms with Gasteiger partial charge in [0.15, 0.2) is 5.96 Å². The van der Waals surface area contributed by atoms with Gasteiger partial charge in [0.25, 0.3) is 0 Å². The number of benzene rings is 1. The van der Waals surface area contributed by atoms with Gasteiger partial charge in [0.1, 0.15) is 0 Å². The molecule has 0 spiro atoms. The van der Waals surface area contributed by atoms with Crippen molar-refractivity contribution in [1.82, 2.24) is 15.2 Å². The van der Waals surface area contributed by atoms with E-state index >= 15 is 0 Å². The van der Waals surface area contributed by atoms with Gasteiger partial charge >= 0.3 is 0 Å². The number of thiazole rings is 1. The highest BCUT2D eigenvalue weighted by Crippen LogP contribution is 2.27. The first-order valence-corrected chi connectivity index (χ1v) is 10.3. The number of hydrogen-bond donors (Lipinski definition) is 1. The Morgan fingerprint density at radius 2 is 2.04 bits per heavy atom. The molecule has 0 aliphatic carbocycles. The third-order valence-electron chi connectivity index (χ3n) is 4.91. The molecule has 3 rings (SSSR count). The fourth-order valence-electron chi connectivity index (χ4n) is 3.33. The van der Waals surface area contributed by atoms with E-state index < -0.39 is 0 Å². The fraction of sp³-hybridized carbons (Fsp3) is 0.524. The highest BCUT2D eigenvalue weighted by atomic mass is 127. The third kappa shape index (κ3) is 5.91. The van der Waals surface area contributed by atoms with Crippen LogP contribution in [0.4, 0.5) is 0 Å². The molecule has 0 saturated carbocycles. The molecule has 2 heterocycles. The van der Waals surface area contributed by atoms with Crippen LogP contribution in [0.15, 0.2) is 40.7 Å². The number of aromatic nitrogens is 1. The van der Waals surface area contributed by atoms with E-state index in [-0.39, 0.29) is 29.4 Å². The number of guanidine groups is 1. The lowest BCUT2D eigenvalue weighted by molar-refractivity contribution is 0.486. The minimum absolute atomic E-state index is 0. The summed E-state index contributed by atoms with van der Waals surface area (Å²) in [6.07, 6.45) is 2.13. The van der Waals surface area contributed by atoms with E-state index in [4.69, 9.17) is 4.98 Å². The Balaban J connectivity index is 0.00000261. The molecule has 0 amide bonds. The van der Waals surface area contributed by atoms with Crippen molar-refractivity contribution in [3.63, 3.8) is 0 Å². The Kier molecular flexibility index (Phi) is 8.09.